The van der Waals surface area contributed by atoms with Gasteiger partial charge in [0, 0.05) is 35.3 Å². The minimum atomic E-state index is -3.66. The second-order valence-electron chi connectivity index (χ2n) is 5.81. The minimum absolute atomic E-state index is 0.179. The molecule has 0 aliphatic carbocycles. The Morgan fingerprint density at radius 1 is 1.04 bits per heavy atom. The van der Waals surface area contributed by atoms with Crippen molar-refractivity contribution in [1.82, 2.24) is 4.98 Å². The van der Waals surface area contributed by atoms with Gasteiger partial charge >= 0.3 is 0 Å². The van der Waals surface area contributed by atoms with Gasteiger partial charge in [0.2, 0.25) is 0 Å². The summed E-state index contributed by atoms with van der Waals surface area (Å²) in [4.78, 5) is 4.25. The summed E-state index contributed by atoms with van der Waals surface area (Å²) in [5.74, 6) is 0. The Bertz CT molecular complexity index is 991. The van der Waals surface area contributed by atoms with Crippen LogP contribution in [0.5, 0.6) is 0 Å². The smallest absolute Gasteiger partial charge is 0.261 e. The third-order valence-electron chi connectivity index (χ3n) is 3.80. The molecule has 0 atom stereocenters. The number of aryl methyl sites for hydroxylation is 1. The van der Waals surface area contributed by atoms with Crippen molar-refractivity contribution < 1.29 is 8.42 Å². The number of rotatable bonds is 6. The highest BCUT2D eigenvalue weighted by molar-refractivity contribution is 7.92. The molecule has 2 aromatic carbocycles. The van der Waals surface area contributed by atoms with Crippen molar-refractivity contribution >= 4 is 33.0 Å². The Morgan fingerprint density at radius 3 is 2.42 bits per heavy atom. The van der Waals surface area contributed by atoms with E-state index < -0.39 is 10.0 Å². The first kappa shape index (κ1) is 18.2. The number of hydrogen-bond acceptors (Lipinski definition) is 4. The average Bonchev–Trinajstić information content (AvgIpc) is 2.64. The van der Waals surface area contributed by atoms with Gasteiger partial charge in [-0.25, -0.2) is 8.42 Å². The van der Waals surface area contributed by atoms with E-state index in [0.29, 0.717) is 22.8 Å². The molecule has 0 aliphatic rings. The summed E-state index contributed by atoms with van der Waals surface area (Å²) < 4.78 is 27.5. The highest BCUT2D eigenvalue weighted by Gasteiger charge is 2.15. The molecule has 7 heteroatoms. The SMILES string of the molecule is Cc1cc(S(=O)(=O)Nc2ccc(NCc3cccnc3)cc2)ccc1Cl. The third-order valence-corrected chi connectivity index (χ3v) is 5.60. The maximum Gasteiger partial charge on any atom is 0.261 e. The van der Waals surface area contributed by atoms with E-state index in [1.807, 2.05) is 24.3 Å². The summed E-state index contributed by atoms with van der Waals surface area (Å²) in [6.45, 7) is 2.41. The molecule has 5 nitrogen and oxygen atoms in total. The van der Waals surface area contributed by atoms with Crippen LogP contribution in [0.15, 0.2) is 71.9 Å². The van der Waals surface area contributed by atoms with Gasteiger partial charge in [0.25, 0.3) is 10.0 Å². The third kappa shape index (κ3) is 4.53. The molecule has 1 aromatic heterocycles. The van der Waals surface area contributed by atoms with E-state index in [1.165, 1.54) is 6.07 Å². The molecule has 134 valence electrons. The molecule has 0 unspecified atom stereocenters. The van der Waals surface area contributed by atoms with Crippen LogP contribution in [-0.2, 0) is 16.6 Å². The number of sulfonamides is 1. The lowest BCUT2D eigenvalue weighted by atomic mass is 10.2. The van der Waals surface area contributed by atoms with Gasteiger partial charge in [0.05, 0.1) is 4.90 Å². The van der Waals surface area contributed by atoms with Gasteiger partial charge in [-0.1, -0.05) is 17.7 Å². The fourth-order valence-electron chi connectivity index (χ4n) is 2.36. The first-order valence-electron chi connectivity index (χ1n) is 7.96. The van der Waals surface area contributed by atoms with Gasteiger partial charge in [0.1, 0.15) is 0 Å². The first-order valence-corrected chi connectivity index (χ1v) is 9.82. The standard InChI is InChI=1S/C19H18ClN3O2S/c1-14-11-18(8-9-19(14)20)26(24,25)23-17-6-4-16(5-7-17)22-13-15-3-2-10-21-12-15/h2-12,22-23H,13H2,1H3. The van der Waals surface area contributed by atoms with E-state index in [9.17, 15) is 8.42 Å². The number of aromatic nitrogens is 1. The molecule has 0 amide bonds. The quantitative estimate of drug-likeness (QED) is 0.655. The molecule has 26 heavy (non-hydrogen) atoms. The zero-order chi connectivity index (χ0) is 18.6. The molecule has 0 saturated heterocycles. The van der Waals surface area contributed by atoms with Crippen LogP contribution in [0.3, 0.4) is 0 Å². The van der Waals surface area contributed by atoms with Gasteiger partial charge in [0.15, 0.2) is 0 Å². The largest absolute Gasteiger partial charge is 0.381 e. The van der Waals surface area contributed by atoms with Crippen LogP contribution in [0.4, 0.5) is 11.4 Å². The van der Waals surface area contributed by atoms with Crippen molar-refractivity contribution in [3.63, 3.8) is 0 Å². The molecular formula is C19H18ClN3O2S. The van der Waals surface area contributed by atoms with Crippen molar-refractivity contribution in [2.45, 2.75) is 18.4 Å². The Hall–Kier alpha value is -2.57. The first-order chi connectivity index (χ1) is 12.4. The van der Waals surface area contributed by atoms with E-state index in [4.69, 9.17) is 11.6 Å². The van der Waals surface area contributed by atoms with Gasteiger partial charge in [-0.05, 0) is 66.6 Å². The van der Waals surface area contributed by atoms with Crippen LogP contribution in [0.2, 0.25) is 5.02 Å². The van der Waals surface area contributed by atoms with Crippen LogP contribution >= 0.6 is 11.6 Å². The monoisotopic (exact) mass is 387 g/mol. The van der Waals surface area contributed by atoms with Crippen LogP contribution < -0.4 is 10.0 Å². The summed E-state index contributed by atoms with van der Waals surface area (Å²) in [5.41, 5.74) is 3.16. The second-order valence-corrected chi connectivity index (χ2v) is 7.90. The zero-order valence-corrected chi connectivity index (χ0v) is 15.7. The minimum Gasteiger partial charge on any atom is -0.381 e. The lowest BCUT2D eigenvalue weighted by Crippen LogP contribution is -2.13. The van der Waals surface area contributed by atoms with Crippen LogP contribution in [0.1, 0.15) is 11.1 Å². The number of halogens is 1. The van der Waals surface area contributed by atoms with Crippen LogP contribution in [0.25, 0.3) is 0 Å². The van der Waals surface area contributed by atoms with E-state index >= 15 is 0 Å². The van der Waals surface area contributed by atoms with Crippen molar-refractivity contribution in [1.29, 1.82) is 0 Å². The van der Waals surface area contributed by atoms with E-state index in [1.54, 1.807) is 43.6 Å². The summed E-state index contributed by atoms with van der Waals surface area (Å²) in [6.07, 6.45) is 3.52. The second kappa shape index (κ2) is 7.76. The average molecular weight is 388 g/mol. The van der Waals surface area contributed by atoms with E-state index in [-0.39, 0.29) is 4.90 Å². The molecule has 0 spiro atoms. The molecule has 3 aromatic rings. The Balaban J connectivity index is 1.67. The van der Waals surface area contributed by atoms with Gasteiger partial charge in [-0.2, -0.15) is 0 Å². The normalized spacial score (nSPS) is 11.2. The molecule has 0 aliphatic heterocycles. The topological polar surface area (TPSA) is 71.1 Å². The van der Waals surface area contributed by atoms with Gasteiger partial charge < -0.3 is 5.32 Å². The van der Waals surface area contributed by atoms with Gasteiger partial charge in [-0.15, -0.1) is 0 Å². The summed E-state index contributed by atoms with van der Waals surface area (Å²) in [5, 5.41) is 3.80. The number of anilines is 2. The lowest BCUT2D eigenvalue weighted by molar-refractivity contribution is 0.601. The van der Waals surface area contributed by atoms with E-state index in [2.05, 4.69) is 15.0 Å². The maximum atomic E-state index is 12.5. The number of benzene rings is 2. The van der Waals surface area contributed by atoms with Crippen molar-refractivity contribution in [3.8, 4) is 0 Å². The van der Waals surface area contributed by atoms with Crippen molar-refractivity contribution in [3.05, 3.63) is 83.1 Å². The number of nitrogens with zero attached hydrogens (tertiary/aromatic N) is 1. The fourth-order valence-corrected chi connectivity index (χ4v) is 3.62. The number of pyridine rings is 1. The fraction of sp³-hybridized carbons (Fsp3) is 0.105. The highest BCUT2D eigenvalue weighted by atomic mass is 35.5. The molecule has 0 fully saturated rings. The molecular weight excluding hydrogens is 370 g/mol. The predicted octanol–water partition coefficient (Wildman–Crippen LogP) is 4.46. The number of nitrogens with one attached hydrogen (secondary N) is 2. The van der Waals surface area contributed by atoms with E-state index in [0.717, 1.165) is 11.3 Å². The molecule has 1 heterocycles. The summed E-state index contributed by atoms with van der Waals surface area (Å²) >= 11 is 5.96. The van der Waals surface area contributed by atoms with Crippen LogP contribution in [-0.4, -0.2) is 13.4 Å². The highest BCUT2D eigenvalue weighted by Crippen LogP contribution is 2.22. The zero-order valence-electron chi connectivity index (χ0n) is 14.1. The molecule has 2 N–H and O–H groups in total. The molecule has 0 saturated carbocycles. The molecule has 0 radical (unpaired) electrons. The predicted molar refractivity (Wildman–Crippen MR) is 105 cm³/mol. The molecule has 3 rings (SSSR count). The number of hydrogen-bond donors (Lipinski definition) is 2. The van der Waals surface area contributed by atoms with Crippen molar-refractivity contribution in [2.75, 3.05) is 10.0 Å². The summed E-state index contributed by atoms with van der Waals surface area (Å²) in [6, 6.07) is 15.6. The van der Waals surface area contributed by atoms with Crippen molar-refractivity contribution in [2.24, 2.45) is 0 Å². The Morgan fingerprint density at radius 2 is 1.77 bits per heavy atom. The summed E-state index contributed by atoms with van der Waals surface area (Å²) in [7, 11) is -3.66. The van der Waals surface area contributed by atoms with Crippen LogP contribution in [0, 0.1) is 6.92 Å². The lowest BCUT2D eigenvalue weighted by Gasteiger charge is -2.11. The van der Waals surface area contributed by atoms with Gasteiger partial charge in [-0.3, -0.25) is 9.71 Å². The Labute approximate surface area is 158 Å². The molecule has 0 bridgehead atoms. The Kier molecular flexibility index (Phi) is 5.44. The maximum absolute atomic E-state index is 12.5.